The average Bonchev–Trinajstić information content (AvgIpc) is 3.63. The first-order valence-electron chi connectivity index (χ1n) is 12.7. The Morgan fingerprint density at radius 1 is 1.10 bits per heavy atom. The van der Waals surface area contributed by atoms with Crippen molar-refractivity contribution in [1.29, 1.82) is 0 Å². The first-order valence-corrected chi connectivity index (χ1v) is 14.2. The van der Waals surface area contributed by atoms with Crippen LogP contribution < -0.4 is 19.1 Å². The number of sulfonamides is 1. The Bertz CT molecular complexity index is 1400. The lowest BCUT2D eigenvalue weighted by Gasteiger charge is -2.37. The average molecular weight is 580 g/mol. The number of hydrogen-bond acceptors (Lipinski definition) is 13. The van der Waals surface area contributed by atoms with E-state index in [-0.39, 0.29) is 42.3 Å². The molecule has 2 aliphatic rings. The van der Waals surface area contributed by atoms with E-state index in [9.17, 15) is 12.8 Å². The van der Waals surface area contributed by atoms with Crippen molar-refractivity contribution < 1.29 is 31.8 Å². The van der Waals surface area contributed by atoms with Gasteiger partial charge < -0.3 is 23.8 Å². The summed E-state index contributed by atoms with van der Waals surface area (Å²) in [6, 6.07) is 0. The molecule has 5 heterocycles. The Morgan fingerprint density at radius 3 is 2.45 bits per heavy atom. The number of ether oxygens (including phenoxy) is 4. The molecule has 0 bridgehead atoms. The fourth-order valence-electron chi connectivity index (χ4n) is 4.84. The molecular formula is C23H30FN9O6S. The van der Waals surface area contributed by atoms with Gasteiger partial charge in [-0.15, -0.1) is 10.2 Å². The van der Waals surface area contributed by atoms with Crippen molar-refractivity contribution in [3.8, 4) is 17.4 Å². The van der Waals surface area contributed by atoms with E-state index in [1.165, 1.54) is 25.1 Å². The first-order chi connectivity index (χ1) is 19.3. The summed E-state index contributed by atoms with van der Waals surface area (Å²) in [5, 5.41) is 7.49. The second-order valence-corrected chi connectivity index (χ2v) is 11.1. The van der Waals surface area contributed by atoms with Crippen molar-refractivity contribution >= 4 is 21.9 Å². The summed E-state index contributed by atoms with van der Waals surface area (Å²) < 4.78 is 67.7. The first kappa shape index (κ1) is 27.9. The molecule has 0 aliphatic carbocycles. The number of rotatable bonds is 10. The lowest BCUT2D eigenvalue weighted by Crippen LogP contribution is -2.51. The van der Waals surface area contributed by atoms with Gasteiger partial charge in [0.05, 0.1) is 32.7 Å². The van der Waals surface area contributed by atoms with E-state index in [0.717, 1.165) is 18.8 Å². The molecule has 3 aromatic heterocycles. The summed E-state index contributed by atoms with van der Waals surface area (Å²) in [4.78, 5) is 18.0. The number of anilines is 2. The molecular weight excluding hydrogens is 549 g/mol. The second-order valence-electron chi connectivity index (χ2n) is 9.15. The predicted octanol–water partition coefficient (Wildman–Crippen LogP) is 1.28. The molecule has 2 fully saturated rings. The zero-order valence-electron chi connectivity index (χ0n) is 22.2. The van der Waals surface area contributed by atoms with E-state index in [0.29, 0.717) is 32.0 Å². The van der Waals surface area contributed by atoms with E-state index in [1.807, 2.05) is 6.92 Å². The van der Waals surface area contributed by atoms with E-state index in [2.05, 4.69) is 34.9 Å². The topological polar surface area (TPSA) is 169 Å². The highest BCUT2D eigenvalue weighted by molar-refractivity contribution is 7.93. The van der Waals surface area contributed by atoms with Crippen LogP contribution in [0, 0.1) is 5.82 Å². The summed E-state index contributed by atoms with van der Waals surface area (Å²) in [6.07, 6.45) is 4.13. The molecule has 40 heavy (non-hydrogen) atoms. The molecule has 0 saturated carbocycles. The van der Waals surface area contributed by atoms with E-state index < -0.39 is 33.3 Å². The number of aromatic nitrogens is 7. The minimum atomic E-state index is -4.10. The summed E-state index contributed by atoms with van der Waals surface area (Å²) >= 11 is 0. The Morgan fingerprint density at radius 2 is 1.82 bits per heavy atom. The number of piperidine rings is 1. The molecule has 5 rings (SSSR count). The van der Waals surface area contributed by atoms with Gasteiger partial charge in [0.15, 0.2) is 17.3 Å². The molecule has 216 valence electrons. The van der Waals surface area contributed by atoms with Crippen molar-refractivity contribution in [2.75, 3.05) is 50.1 Å². The molecule has 0 aromatic carbocycles. The molecule has 3 atom stereocenters. The molecule has 0 amide bonds. The normalized spacial score (nSPS) is 21.4. The zero-order chi connectivity index (χ0) is 28.3. The van der Waals surface area contributed by atoms with Gasteiger partial charge in [0, 0.05) is 26.3 Å². The van der Waals surface area contributed by atoms with Gasteiger partial charge >= 0.3 is 0 Å². The summed E-state index contributed by atoms with van der Waals surface area (Å²) in [7, 11) is -1.26. The van der Waals surface area contributed by atoms with Crippen LogP contribution in [0.1, 0.15) is 38.1 Å². The number of hydrogen-bond donors (Lipinski definition) is 1. The number of methoxy groups -OCH3 is 2. The summed E-state index contributed by atoms with van der Waals surface area (Å²) in [5.41, 5.74) is 0.220. The van der Waals surface area contributed by atoms with Crippen LogP contribution in [0.5, 0.6) is 11.8 Å². The smallest absolute Gasteiger partial charge is 0.245 e. The van der Waals surface area contributed by atoms with Crippen LogP contribution >= 0.6 is 0 Å². The van der Waals surface area contributed by atoms with Crippen LogP contribution in [-0.2, 0) is 19.5 Å². The maximum atomic E-state index is 13.9. The maximum Gasteiger partial charge on any atom is 0.245 e. The van der Waals surface area contributed by atoms with Gasteiger partial charge in [-0.25, -0.2) is 22.8 Å². The lowest BCUT2D eigenvalue weighted by atomic mass is 10.1. The fourth-order valence-corrected chi connectivity index (χ4v) is 6.24. The van der Waals surface area contributed by atoms with E-state index in [1.54, 1.807) is 4.90 Å². The van der Waals surface area contributed by atoms with Gasteiger partial charge in [-0.3, -0.25) is 9.29 Å². The Hall–Kier alpha value is -3.70. The molecule has 0 unspecified atom stereocenters. The molecule has 2 aliphatic heterocycles. The fraction of sp³-hybridized carbons (Fsp3) is 0.565. The third kappa shape index (κ3) is 5.62. The minimum absolute atomic E-state index is 0.0400. The van der Waals surface area contributed by atoms with Gasteiger partial charge in [-0.2, -0.15) is 9.97 Å². The second kappa shape index (κ2) is 11.8. The molecule has 2 saturated heterocycles. The maximum absolute atomic E-state index is 13.9. The van der Waals surface area contributed by atoms with Gasteiger partial charge in [0.2, 0.25) is 33.7 Å². The standard InChI is InChI=1S/C23H30FN9O6S/c1-4-38-15-8-16(12-32(11-15)22-25-9-14(24)10-26-22)40(34,35)31-23-30-29-19(17-6-5-7-39-17)33(23)18-20(36-2)27-13-28-21(18)37-3/h9-10,13,15-17H,4-8,11-12H2,1-3H3,(H,30,31)/t15-,16-,17+/m0/s1. The van der Waals surface area contributed by atoms with Crippen molar-refractivity contribution in [3.05, 3.63) is 30.4 Å². The van der Waals surface area contributed by atoms with Crippen molar-refractivity contribution in [2.45, 2.75) is 43.6 Å². The van der Waals surface area contributed by atoms with Crippen molar-refractivity contribution in [3.63, 3.8) is 0 Å². The van der Waals surface area contributed by atoms with Crippen molar-refractivity contribution in [2.24, 2.45) is 0 Å². The third-order valence-corrected chi connectivity index (χ3v) is 8.30. The van der Waals surface area contributed by atoms with Gasteiger partial charge in [-0.05, 0) is 26.2 Å². The van der Waals surface area contributed by atoms with Gasteiger partial charge in [0.1, 0.15) is 17.7 Å². The zero-order valence-corrected chi connectivity index (χ0v) is 23.0. The molecule has 3 aromatic rings. The predicted molar refractivity (Wildman–Crippen MR) is 139 cm³/mol. The van der Waals surface area contributed by atoms with Crippen LogP contribution in [0.15, 0.2) is 18.7 Å². The SMILES string of the molecule is CCO[C@H]1C[C@H](S(=O)(=O)Nc2nnc([C@H]3CCCO3)n2-c2c(OC)ncnc2OC)CN(c2ncc(F)cn2)C1. The van der Waals surface area contributed by atoms with Crippen LogP contribution in [0.25, 0.3) is 5.69 Å². The Balaban J connectivity index is 1.52. The number of halogens is 1. The van der Waals surface area contributed by atoms with Crippen molar-refractivity contribution in [1.82, 2.24) is 34.7 Å². The highest BCUT2D eigenvalue weighted by atomic mass is 32.2. The van der Waals surface area contributed by atoms with Gasteiger partial charge in [0.25, 0.3) is 0 Å². The molecule has 15 nitrogen and oxygen atoms in total. The highest BCUT2D eigenvalue weighted by Crippen LogP contribution is 2.37. The van der Waals surface area contributed by atoms with E-state index in [4.69, 9.17) is 18.9 Å². The monoisotopic (exact) mass is 579 g/mol. The number of nitrogens with zero attached hydrogens (tertiary/aromatic N) is 8. The van der Waals surface area contributed by atoms with Gasteiger partial charge in [-0.1, -0.05) is 0 Å². The third-order valence-electron chi connectivity index (χ3n) is 6.61. The summed E-state index contributed by atoms with van der Waals surface area (Å²) in [5.74, 6) is 0.0923. The van der Waals surface area contributed by atoms with E-state index >= 15 is 0 Å². The highest BCUT2D eigenvalue weighted by Gasteiger charge is 2.39. The number of nitrogens with one attached hydrogen (secondary N) is 1. The Labute approximate surface area is 230 Å². The minimum Gasteiger partial charge on any atom is -0.479 e. The molecule has 1 N–H and O–H groups in total. The van der Waals surface area contributed by atoms with Crippen LogP contribution in [0.3, 0.4) is 0 Å². The largest absolute Gasteiger partial charge is 0.479 e. The van der Waals surface area contributed by atoms with Crippen LogP contribution in [-0.4, -0.2) is 95.0 Å². The lowest BCUT2D eigenvalue weighted by molar-refractivity contribution is 0.0531. The molecule has 17 heteroatoms. The van der Waals surface area contributed by atoms with Crippen LogP contribution in [0.2, 0.25) is 0 Å². The molecule has 0 radical (unpaired) electrons. The Kier molecular flexibility index (Phi) is 8.22. The van der Waals surface area contributed by atoms with Crippen LogP contribution in [0.4, 0.5) is 16.3 Å². The molecule has 0 spiro atoms. The quantitative estimate of drug-likeness (QED) is 0.365. The summed E-state index contributed by atoms with van der Waals surface area (Å²) in [6.45, 7) is 3.13.